The minimum atomic E-state index is -0.261. The molecule has 1 fully saturated rings. The molecular weight excluding hydrogens is 460 g/mol. The number of rotatable bonds is 11. The van der Waals surface area contributed by atoms with Gasteiger partial charge in [-0.05, 0) is 93.4 Å². The van der Waals surface area contributed by atoms with Crippen LogP contribution in [0.5, 0.6) is 0 Å². The quantitative estimate of drug-likeness (QED) is 0.283. The summed E-state index contributed by atoms with van der Waals surface area (Å²) in [7, 11) is 3.53. The molecule has 0 spiro atoms. The molecule has 5 nitrogen and oxygen atoms in total. The van der Waals surface area contributed by atoms with Gasteiger partial charge >= 0.3 is 0 Å². The van der Waals surface area contributed by atoms with Crippen LogP contribution in [-0.2, 0) is 14.2 Å². The first-order chi connectivity index (χ1) is 18.0. The Morgan fingerprint density at radius 1 is 1.08 bits per heavy atom. The van der Waals surface area contributed by atoms with E-state index >= 15 is 0 Å². The second kappa shape index (κ2) is 13.3. The molecule has 5 atom stereocenters. The first-order valence-corrected chi connectivity index (χ1v) is 14.3. The highest BCUT2D eigenvalue weighted by molar-refractivity contribution is 5.39. The number of hydrogen-bond acceptors (Lipinski definition) is 5. The number of ether oxygens (including phenoxy) is 3. The summed E-state index contributed by atoms with van der Waals surface area (Å²) in [6.45, 7) is 11.3. The minimum Gasteiger partial charge on any atom is -0.385 e. The number of piperidine rings is 1. The van der Waals surface area contributed by atoms with Gasteiger partial charge in [-0.2, -0.15) is 0 Å². The smallest absolute Gasteiger partial charge is 0.0875 e. The van der Waals surface area contributed by atoms with Crippen molar-refractivity contribution in [3.63, 3.8) is 0 Å². The maximum Gasteiger partial charge on any atom is 0.0875 e. The molecule has 0 aromatic carbocycles. The van der Waals surface area contributed by atoms with Crippen LogP contribution in [0.3, 0.4) is 0 Å². The molecule has 0 saturated carbocycles. The zero-order valence-corrected chi connectivity index (χ0v) is 23.7. The van der Waals surface area contributed by atoms with E-state index in [0.29, 0.717) is 36.9 Å². The SMILES string of the molecule is COCCCC1=C(C2CC(C)=C(C3CNCCC3c3cccnc3)CC2C)C=CC(C)(OCCOC)C1. The number of pyridine rings is 1. The summed E-state index contributed by atoms with van der Waals surface area (Å²) in [4.78, 5) is 4.44. The number of allylic oxidation sites excluding steroid dienone is 3. The normalized spacial score (nSPS) is 30.7. The van der Waals surface area contributed by atoms with Gasteiger partial charge in [0, 0.05) is 46.2 Å². The average molecular weight is 509 g/mol. The van der Waals surface area contributed by atoms with Crippen LogP contribution in [-0.4, -0.2) is 57.7 Å². The monoisotopic (exact) mass is 508 g/mol. The van der Waals surface area contributed by atoms with Gasteiger partial charge in [-0.15, -0.1) is 0 Å². The lowest BCUT2D eigenvalue weighted by atomic mass is 9.65. The fraction of sp³-hybridized carbons (Fsp3) is 0.656. The van der Waals surface area contributed by atoms with Gasteiger partial charge < -0.3 is 19.5 Å². The number of aromatic nitrogens is 1. The van der Waals surface area contributed by atoms with Gasteiger partial charge in [-0.1, -0.05) is 41.9 Å². The molecule has 1 N–H and O–H groups in total. The lowest BCUT2D eigenvalue weighted by molar-refractivity contribution is -0.0215. The van der Waals surface area contributed by atoms with Gasteiger partial charge in [0.05, 0.1) is 18.8 Å². The van der Waals surface area contributed by atoms with Gasteiger partial charge in [0.2, 0.25) is 0 Å². The predicted molar refractivity (Wildman–Crippen MR) is 151 cm³/mol. The lowest BCUT2D eigenvalue weighted by Gasteiger charge is -2.42. The molecule has 1 aromatic heterocycles. The maximum absolute atomic E-state index is 6.28. The second-order valence-corrected chi connectivity index (χ2v) is 11.6. The van der Waals surface area contributed by atoms with Crippen molar-refractivity contribution in [3.8, 4) is 0 Å². The molecule has 3 aliphatic rings. The van der Waals surface area contributed by atoms with Gasteiger partial charge in [0.25, 0.3) is 0 Å². The number of methoxy groups -OCH3 is 2. The van der Waals surface area contributed by atoms with E-state index in [4.69, 9.17) is 14.2 Å². The zero-order chi connectivity index (χ0) is 26.3. The Bertz CT molecular complexity index is 970. The molecule has 0 amide bonds. The molecule has 37 heavy (non-hydrogen) atoms. The molecule has 0 bridgehead atoms. The molecule has 2 heterocycles. The highest BCUT2D eigenvalue weighted by Crippen LogP contribution is 2.48. The van der Waals surface area contributed by atoms with Crippen LogP contribution < -0.4 is 5.32 Å². The van der Waals surface area contributed by atoms with Gasteiger partial charge in [0.15, 0.2) is 0 Å². The van der Waals surface area contributed by atoms with Crippen LogP contribution in [0.1, 0.15) is 70.8 Å². The molecule has 0 radical (unpaired) electrons. The van der Waals surface area contributed by atoms with Gasteiger partial charge in [-0.3, -0.25) is 4.98 Å². The number of hydrogen-bond donors (Lipinski definition) is 1. The summed E-state index contributed by atoms with van der Waals surface area (Å²) >= 11 is 0. The number of nitrogens with zero attached hydrogens (tertiary/aromatic N) is 1. The van der Waals surface area contributed by atoms with Gasteiger partial charge in [-0.25, -0.2) is 0 Å². The third kappa shape index (κ3) is 7.00. The van der Waals surface area contributed by atoms with Crippen LogP contribution in [0.2, 0.25) is 0 Å². The van der Waals surface area contributed by atoms with Crippen molar-refractivity contribution in [1.29, 1.82) is 0 Å². The van der Waals surface area contributed by atoms with Crippen LogP contribution >= 0.6 is 0 Å². The molecule has 1 aromatic rings. The fourth-order valence-electron chi connectivity index (χ4n) is 6.90. The summed E-state index contributed by atoms with van der Waals surface area (Å²) in [5.41, 5.74) is 7.55. The van der Waals surface area contributed by atoms with E-state index in [0.717, 1.165) is 45.4 Å². The van der Waals surface area contributed by atoms with E-state index in [1.54, 1.807) is 36.5 Å². The van der Waals surface area contributed by atoms with Crippen LogP contribution in [0.25, 0.3) is 0 Å². The third-order valence-electron chi connectivity index (χ3n) is 8.88. The van der Waals surface area contributed by atoms with Crippen molar-refractivity contribution in [1.82, 2.24) is 10.3 Å². The third-order valence-corrected chi connectivity index (χ3v) is 8.88. The Balaban J connectivity index is 1.56. The van der Waals surface area contributed by atoms with Crippen molar-refractivity contribution in [2.45, 2.75) is 70.8 Å². The highest BCUT2D eigenvalue weighted by atomic mass is 16.5. The predicted octanol–water partition coefficient (Wildman–Crippen LogP) is 6.24. The van der Waals surface area contributed by atoms with E-state index in [1.807, 2.05) is 6.20 Å². The average Bonchev–Trinajstić information content (AvgIpc) is 2.91. The summed E-state index contributed by atoms with van der Waals surface area (Å²) in [5, 5.41) is 3.70. The number of nitrogens with one attached hydrogen (secondary N) is 1. The molecule has 2 aliphatic carbocycles. The topological polar surface area (TPSA) is 52.6 Å². The fourth-order valence-corrected chi connectivity index (χ4v) is 6.90. The molecule has 5 heteroatoms. The van der Waals surface area contributed by atoms with Crippen LogP contribution in [0.15, 0.2) is 59.0 Å². The molecule has 1 aliphatic heterocycles. The Labute approximate surface area is 224 Å². The van der Waals surface area contributed by atoms with Crippen molar-refractivity contribution in [2.24, 2.45) is 17.8 Å². The van der Waals surface area contributed by atoms with Crippen LogP contribution in [0.4, 0.5) is 0 Å². The van der Waals surface area contributed by atoms with Gasteiger partial charge in [0.1, 0.15) is 0 Å². The Kier molecular flexibility index (Phi) is 10.2. The Morgan fingerprint density at radius 2 is 1.92 bits per heavy atom. The van der Waals surface area contributed by atoms with Crippen molar-refractivity contribution in [2.75, 3.05) is 47.1 Å². The first-order valence-electron chi connectivity index (χ1n) is 14.3. The van der Waals surface area contributed by atoms with Crippen LogP contribution in [0, 0.1) is 17.8 Å². The second-order valence-electron chi connectivity index (χ2n) is 11.6. The van der Waals surface area contributed by atoms with E-state index < -0.39 is 0 Å². The van der Waals surface area contributed by atoms with E-state index in [2.05, 4.69) is 61.6 Å². The largest absolute Gasteiger partial charge is 0.385 e. The molecule has 4 rings (SSSR count). The Morgan fingerprint density at radius 3 is 2.68 bits per heavy atom. The zero-order valence-electron chi connectivity index (χ0n) is 23.7. The molecule has 204 valence electrons. The molecule has 5 unspecified atom stereocenters. The highest BCUT2D eigenvalue weighted by Gasteiger charge is 2.38. The molecule has 1 saturated heterocycles. The Hall–Kier alpha value is -1.79. The summed E-state index contributed by atoms with van der Waals surface area (Å²) < 4.78 is 16.9. The van der Waals surface area contributed by atoms with E-state index in [9.17, 15) is 0 Å². The lowest BCUT2D eigenvalue weighted by Crippen LogP contribution is -2.38. The van der Waals surface area contributed by atoms with Crippen molar-refractivity contribution < 1.29 is 14.2 Å². The molecular formula is C32H48N2O3. The standard InChI is InChI=1S/C32H48N2O3/c1-23-19-30(31-22-34-14-11-28(31)26-8-6-13-33-21-26)24(2)18-29(23)27-10-12-32(3,37-17-16-36-5)20-25(27)9-7-15-35-4/h6,8,10,12-13,21,23,28-29,31,34H,7,9,11,14-20,22H2,1-5H3. The summed E-state index contributed by atoms with van der Waals surface area (Å²) in [5.74, 6) is 2.31. The van der Waals surface area contributed by atoms with E-state index in [-0.39, 0.29) is 5.60 Å². The van der Waals surface area contributed by atoms with E-state index in [1.165, 1.54) is 18.4 Å². The summed E-state index contributed by atoms with van der Waals surface area (Å²) in [6, 6.07) is 4.37. The van der Waals surface area contributed by atoms with Crippen molar-refractivity contribution in [3.05, 3.63) is 64.5 Å². The first kappa shape index (κ1) is 28.2. The maximum atomic E-state index is 6.28. The summed E-state index contributed by atoms with van der Waals surface area (Å²) in [6.07, 6.45) is 15.3. The van der Waals surface area contributed by atoms with Crippen molar-refractivity contribution >= 4 is 0 Å². The minimum absolute atomic E-state index is 0.261.